The summed E-state index contributed by atoms with van der Waals surface area (Å²) < 4.78 is 10.3. The number of carbonyl (C=O) groups is 1. The van der Waals surface area contributed by atoms with Gasteiger partial charge in [-0.15, -0.1) is 0 Å². The number of rotatable bonds is 4. The molecule has 4 nitrogen and oxygen atoms in total. The molecule has 0 aliphatic heterocycles. The largest absolute Gasteiger partial charge is 0.495 e. The fourth-order valence-electron chi connectivity index (χ4n) is 1.82. The molecule has 0 fully saturated rings. The van der Waals surface area contributed by atoms with E-state index in [9.17, 15) is 4.79 Å². The molecule has 0 atom stereocenters. The SMILES string of the molecule is COc1cc(OC)c(NC(=O)c2ccc(Cl)cc2Cl)cc1Cl. The van der Waals surface area contributed by atoms with Crippen LogP contribution >= 0.6 is 34.8 Å². The molecule has 22 heavy (non-hydrogen) atoms. The van der Waals surface area contributed by atoms with E-state index in [1.807, 2.05) is 0 Å². The molecular weight excluding hydrogens is 349 g/mol. The number of halogens is 3. The highest BCUT2D eigenvalue weighted by Gasteiger charge is 2.15. The minimum Gasteiger partial charge on any atom is -0.495 e. The standard InChI is InChI=1S/C15H12Cl3NO3/c1-21-13-7-14(22-2)12(6-11(13)18)19-15(20)9-4-3-8(16)5-10(9)17/h3-7H,1-2H3,(H,19,20). The third kappa shape index (κ3) is 3.58. The second kappa shape index (κ2) is 7.09. The molecule has 0 unspecified atom stereocenters. The molecule has 2 aromatic carbocycles. The van der Waals surface area contributed by atoms with Crippen LogP contribution in [0, 0.1) is 0 Å². The molecule has 0 aromatic heterocycles. The van der Waals surface area contributed by atoms with Crippen molar-refractivity contribution in [3.63, 3.8) is 0 Å². The first-order chi connectivity index (χ1) is 10.5. The van der Waals surface area contributed by atoms with Crippen LogP contribution in [0.5, 0.6) is 11.5 Å². The van der Waals surface area contributed by atoms with Crippen molar-refractivity contribution in [3.8, 4) is 11.5 Å². The van der Waals surface area contributed by atoms with Gasteiger partial charge in [0.15, 0.2) is 0 Å². The van der Waals surface area contributed by atoms with Crippen LogP contribution in [0.25, 0.3) is 0 Å². The maximum absolute atomic E-state index is 12.3. The Morgan fingerprint density at radius 1 is 0.955 bits per heavy atom. The van der Waals surface area contributed by atoms with Gasteiger partial charge in [0.1, 0.15) is 11.5 Å². The van der Waals surface area contributed by atoms with Crippen molar-refractivity contribution in [2.75, 3.05) is 19.5 Å². The lowest BCUT2D eigenvalue weighted by atomic mass is 10.2. The first kappa shape index (κ1) is 16.7. The first-order valence-electron chi connectivity index (χ1n) is 6.14. The lowest BCUT2D eigenvalue weighted by Gasteiger charge is -2.13. The summed E-state index contributed by atoms with van der Waals surface area (Å²) >= 11 is 17.9. The van der Waals surface area contributed by atoms with Crippen LogP contribution in [-0.2, 0) is 0 Å². The molecule has 1 amide bonds. The number of carbonyl (C=O) groups excluding carboxylic acids is 1. The Bertz CT molecular complexity index is 719. The Balaban J connectivity index is 2.33. The van der Waals surface area contributed by atoms with Crippen molar-refractivity contribution < 1.29 is 14.3 Å². The van der Waals surface area contributed by atoms with Gasteiger partial charge in [0.25, 0.3) is 5.91 Å². The summed E-state index contributed by atoms with van der Waals surface area (Å²) in [4.78, 5) is 12.3. The zero-order valence-electron chi connectivity index (χ0n) is 11.7. The van der Waals surface area contributed by atoms with Gasteiger partial charge in [-0.1, -0.05) is 34.8 Å². The van der Waals surface area contributed by atoms with Crippen LogP contribution in [0.4, 0.5) is 5.69 Å². The van der Waals surface area contributed by atoms with Gasteiger partial charge in [0.05, 0.1) is 35.5 Å². The smallest absolute Gasteiger partial charge is 0.257 e. The van der Waals surface area contributed by atoms with Crippen molar-refractivity contribution >= 4 is 46.4 Å². The van der Waals surface area contributed by atoms with Crippen LogP contribution < -0.4 is 14.8 Å². The third-order valence-corrected chi connectivity index (χ3v) is 3.74. The highest BCUT2D eigenvalue weighted by molar-refractivity contribution is 6.37. The maximum atomic E-state index is 12.3. The van der Waals surface area contributed by atoms with E-state index in [-0.39, 0.29) is 5.02 Å². The van der Waals surface area contributed by atoms with Crippen LogP contribution in [0.15, 0.2) is 30.3 Å². The molecule has 1 N–H and O–H groups in total. The number of nitrogens with one attached hydrogen (secondary N) is 1. The molecule has 2 rings (SSSR count). The molecule has 0 radical (unpaired) electrons. The normalized spacial score (nSPS) is 10.2. The molecule has 0 saturated carbocycles. The topological polar surface area (TPSA) is 47.6 Å². The molecule has 0 saturated heterocycles. The second-order valence-electron chi connectivity index (χ2n) is 4.27. The summed E-state index contributed by atoms with van der Waals surface area (Å²) in [6.07, 6.45) is 0. The summed E-state index contributed by atoms with van der Waals surface area (Å²) in [5, 5.41) is 3.75. The minimum atomic E-state index is -0.402. The van der Waals surface area contributed by atoms with Crippen molar-refractivity contribution in [2.45, 2.75) is 0 Å². The average Bonchev–Trinajstić information content (AvgIpc) is 2.47. The summed E-state index contributed by atoms with van der Waals surface area (Å²) in [5.74, 6) is 0.460. The maximum Gasteiger partial charge on any atom is 0.257 e. The number of hydrogen-bond donors (Lipinski definition) is 1. The summed E-state index contributed by atoms with van der Waals surface area (Å²) in [7, 11) is 2.97. The molecule has 0 heterocycles. The van der Waals surface area contributed by atoms with E-state index < -0.39 is 5.91 Å². The van der Waals surface area contributed by atoms with E-state index in [4.69, 9.17) is 44.3 Å². The van der Waals surface area contributed by atoms with E-state index in [2.05, 4.69) is 5.32 Å². The monoisotopic (exact) mass is 359 g/mol. The zero-order valence-corrected chi connectivity index (χ0v) is 14.0. The lowest BCUT2D eigenvalue weighted by Crippen LogP contribution is -2.13. The second-order valence-corrected chi connectivity index (χ2v) is 5.52. The van der Waals surface area contributed by atoms with Gasteiger partial charge in [0.2, 0.25) is 0 Å². The molecule has 2 aromatic rings. The van der Waals surface area contributed by atoms with E-state index in [0.717, 1.165) is 0 Å². The number of anilines is 1. The van der Waals surface area contributed by atoms with E-state index in [1.54, 1.807) is 18.2 Å². The van der Waals surface area contributed by atoms with Gasteiger partial charge in [-0.25, -0.2) is 0 Å². The number of amides is 1. The Hall–Kier alpha value is -1.62. The van der Waals surface area contributed by atoms with E-state index in [0.29, 0.717) is 32.8 Å². The van der Waals surface area contributed by atoms with Crippen molar-refractivity contribution in [1.29, 1.82) is 0 Å². The molecule has 0 aliphatic carbocycles. The van der Waals surface area contributed by atoms with Gasteiger partial charge in [0, 0.05) is 11.1 Å². The number of hydrogen-bond acceptors (Lipinski definition) is 3. The highest BCUT2D eigenvalue weighted by Crippen LogP contribution is 2.36. The molecule has 0 aliphatic rings. The molecular formula is C15H12Cl3NO3. The summed E-state index contributed by atoms with van der Waals surface area (Å²) in [6, 6.07) is 7.75. The Kier molecular flexibility index (Phi) is 5.40. The Morgan fingerprint density at radius 2 is 1.64 bits per heavy atom. The lowest BCUT2D eigenvalue weighted by molar-refractivity contribution is 0.102. The summed E-state index contributed by atoms with van der Waals surface area (Å²) in [6.45, 7) is 0. The first-order valence-corrected chi connectivity index (χ1v) is 7.27. The quantitative estimate of drug-likeness (QED) is 0.842. The van der Waals surface area contributed by atoms with Crippen molar-refractivity contribution in [2.24, 2.45) is 0 Å². The van der Waals surface area contributed by atoms with Gasteiger partial charge < -0.3 is 14.8 Å². The fourth-order valence-corrected chi connectivity index (χ4v) is 2.56. The van der Waals surface area contributed by atoms with Crippen molar-refractivity contribution in [3.05, 3.63) is 51.0 Å². The van der Waals surface area contributed by atoms with Crippen LogP contribution in [0.2, 0.25) is 15.1 Å². The molecule has 7 heteroatoms. The van der Waals surface area contributed by atoms with Crippen LogP contribution in [0.1, 0.15) is 10.4 Å². The predicted molar refractivity (Wildman–Crippen MR) is 89.0 cm³/mol. The van der Waals surface area contributed by atoms with E-state index in [1.165, 1.54) is 26.4 Å². The molecule has 0 bridgehead atoms. The average molecular weight is 361 g/mol. The Labute approximate surface area is 142 Å². The zero-order chi connectivity index (χ0) is 16.3. The van der Waals surface area contributed by atoms with Gasteiger partial charge in [-0.3, -0.25) is 4.79 Å². The molecule has 116 valence electrons. The van der Waals surface area contributed by atoms with E-state index >= 15 is 0 Å². The fraction of sp³-hybridized carbons (Fsp3) is 0.133. The molecule has 0 spiro atoms. The summed E-state index contributed by atoms with van der Waals surface area (Å²) in [5.41, 5.74) is 0.698. The number of methoxy groups -OCH3 is 2. The third-order valence-electron chi connectivity index (χ3n) is 2.90. The van der Waals surface area contributed by atoms with Gasteiger partial charge >= 0.3 is 0 Å². The number of benzene rings is 2. The van der Waals surface area contributed by atoms with Crippen LogP contribution in [0.3, 0.4) is 0 Å². The number of ether oxygens (including phenoxy) is 2. The van der Waals surface area contributed by atoms with Gasteiger partial charge in [-0.2, -0.15) is 0 Å². The predicted octanol–water partition coefficient (Wildman–Crippen LogP) is 4.92. The van der Waals surface area contributed by atoms with Gasteiger partial charge in [-0.05, 0) is 24.3 Å². The Morgan fingerprint density at radius 3 is 2.23 bits per heavy atom. The minimum absolute atomic E-state index is 0.253. The van der Waals surface area contributed by atoms with Crippen molar-refractivity contribution in [1.82, 2.24) is 0 Å². The highest BCUT2D eigenvalue weighted by atomic mass is 35.5. The van der Waals surface area contributed by atoms with Crippen LogP contribution in [-0.4, -0.2) is 20.1 Å².